The minimum Gasteiger partial charge on any atom is -0.454 e. The van der Waals surface area contributed by atoms with E-state index in [0.29, 0.717) is 12.0 Å². The number of hydrogen-bond donors (Lipinski definition) is 1. The molecule has 2 heterocycles. The van der Waals surface area contributed by atoms with Crippen molar-refractivity contribution in [2.45, 2.75) is 19.9 Å². The number of nitrogens with two attached hydrogens (primary N) is 1. The van der Waals surface area contributed by atoms with E-state index in [2.05, 4.69) is 4.98 Å². The Labute approximate surface area is 177 Å². The van der Waals surface area contributed by atoms with Crippen molar-refractivity contribution in [3.63, 3.8) is 0 Å². The van der Waals surface area contributed by atoms with Gasteiger partial charge in [-0.1, -0.05) is 31.2 Å². The molecule has 0 saturated carbocycles. The zero-order valence-corrected chi connectivity index (χ0v) is 17.2. The average Bonchev–Trinajstić information content (AvgIpc) is 2.77. The van der Waals surface area contributed by atoms with E-state index in [-0.39, 0.29) is 17.9 Å². The van der Waals surface area contributed by atoms with Crippen LogP contribution in [0.15, 0.2) is 52.2 Å². The quantitative estimate of drug-likeness (QED) is 0.347. The smallest absolute Gasteiger partial charge is 0.332 e. The van der Waals surface area contributed by atoms with E-state index >= 15 is 0 Å². The Balaban J connectivity index is 1.76. The minimum absolute atomic E-state index is 0.228. The minimum atomic E-state index is -0.826. The molecule has 0 fully saturated rings. The lowest BCUT2D eigenvalue weighted by Crippen LogP contribution is -2.43. The number of pyridine rings is 1. The molecule has 31 heavy (non-hydrogen) atoms. The number of ether oxygens (including phenoxy) is 1. The number of esters is 1. The van der Waals surface area contributed by atoms with Crippen LogP contribution in [0, 0.1) is 0 Å². The number of nitrogens with zero attached hydrogens (tertiary/aromatic N) is 3. The van der Waals surface area contributed by atoms with Crippen molar-refractivity contribution in [1.29, 1.82) is 0 Å². The maximum atomic E-state index is 12.5. The van der Waals surface area contributed by atoms with Crippen molar-refractivity contribution >= 4 is 34.5 Å². The SMILES string of the molecule is CCCn1c(N)c(C(=O)COC(=O)C=Cc2cccc3cccnc23)c(=O)n(C)c1=O. The fourth-order valence-corrected chi connectivity index (χ4v) is 3.16. The standard InChI is InChI=1S/C22H22N4O5/c1-3-12-26-20(23)18(21(29)25(2)22(26)30)16(27)13-31-17(28)10-9-15-7-4-6-14-8-5-11-24-19(14)15/h4-11H,3,12-13,23H2,1-2H3. The monoisotopic (exact) mass is 422 g/mol. The summed E-state index contributed by atoms with van der Waals surface area (Å²) in [5.74, 6) is -1.77. The summed E-state index contributed by atoms with van der Waals surface area (Å²) < 4.78 is 6.96. The predicted molar refractivity (Wildman–Crippen MR) is 117 cm³/mol. The number of rotatable bonds is 7. The topological polar surface area (TPSA) is 126 Å². The van der Waals surface area contributed by atoms with Gasteiger partial charge in [-0.3, -0.25) is 23.7 Å². The first-order chi connectivity index (χ1) is 14.8. The number of aromatic nitrogens is 3. The first-order valence-electron chi connectivity index (χ1n) is 9.66. The van der Waals surface area contributed by atoms with Gasteiger partial charge in [-0.05, 0) is 18.6 Å². The summed E-state index contributed by atoms with van der Waals surface area (Å²) in [7, 11) is 1.26. The first-order valence-corrected chi connectivity index (χ1v) is 9.66. The number of carbonyl (C=O) groups excluding carboxylic acids is 2. The predicted octanol–water partition coefficient (Wildman–Crippen LogP) is 1.53. The van der Waals surface area contributed by atoms with E-state index < -0.39 is 29.6 Å². The van der Waals surface area contributed by atoms with Crippen LogP contribution in [-0.2, 0) is 23.1 Å². The van der Waals surface area contributed by atoms with E-state index in [1.165, 1.54) is 19.2 Å². The molecule has 0 aliphatic heterocycles. The molecule has 2 N–H and O–H groups in total. The lowest BCUT2D eigenvalue weighted by atomic mass is 10.1. The van der Waals surface area contributed by atoms with Gasteiger partial charge in [0, 0.05) is 36.8 Å². The highest BCUT2D eigenvalue weighted by molar-refractivity contribution is 6.02. The highest BCUT2D eigenvalue weighted by Crippen LogP contribution is 2.17. The third-order valence-corrected chi connectivity index (χ3v) is 4.72. The molecule has 160 valence electrons. The van der Waals surface area contributed by atoms with Gasteiger partial charge in [-0.2, -0.15) is 0 Å². The van der Waals surface area contributed by atoms with E-state index in [1.54, 1.807) is 12.3 Å². The number of fused-ring (bicyclic) bond motifs is 1. The highest BCUT2D eigenvalue weighted by atomic mass is 16.5. The Morgan fingerprint density at radius 1 is 1.19 bits per heavy atom. The molecule has 0 aliphatic carbocycles. The maximum Gasteiger partial charge on any atom is 0.332 e. The molecule has 9 nitrogen and oxygen atoms in total. The second-order valence-electron chi connectivity index (χ2n) is 6.85. The first kappa shape index (κ1) is 21.7. The lowest BCUT2D eigenvalue weighted by Gasteiger charge is -2.13. The van der Waals surface area contributed by atoms with E-state index in [9.17, 15) is 19.2 Å². The van der Waals surface area contributed by atoms with Crippen LogP contribution in [0.25, 0.3) is 17.0 Å². The van der Waals surface area contributed by atoms with Crippen molar-refractivity contribution in [1.82, 2.24) is 14.1 Å². The van der Waals surface area contributed by atoms with Gasteiger partial charge >= 0.3 is 11.7 Å². The van der Waals surface area contributed by atoms with Gasteiger partial charge in [0.1, 0.15) is 11.4 Å². The fourth-order valence-electron chi connectivity index (χ4n) is 3.16. The Morgan fingerprint density at radius 2 is 1.94 bits per heavy atom. The molecular formula is C22H22N4O5. The Kier molecular flexibility index (Phi) is 6.44. The largest absolute Gasteiger partial charge is 0.454 e. The van der Waals surface area contributed by atoms with Crippen LogP contribution < -0.4 is 17.0 Å². The van der Waals surface area contributed by atoms with Crippen molar-refractivity contribution in [3.8, 4) is 0 Å². The summed E-state index contributed by atoms with van der Waals surface area (Å²) in [5, 5.41) is 0.918. The molecule has 9 heteroatoms. The number of benzene rings is 1. The van der Waals surface area contributed by atoms with Gasteiger partial charge in [-0.25, -0.2) is 9.59 Å². The zero-order chi connectivity index (χ0) is 22.5. The van der Waals surface area contributed by atoms with Crippen molar-refractivity contribution in [3.05, 3.63) is 74.6 Å². The third kappa shape index (κ3) is 4.45. The number of para-hydroxylation sites is 1. The molecule has 2 aromatic heterocycles. The number of hydrogen-bond acceptors (Lipinski definition) is 7. The van der Waals surface area contributed by atoms with Crippen molar-refractivity contribution in [2.24, 2.45) is 7.05 Å². The number of anilines is 1. The molecule has 0 spiro atoms. The molecule has 0 atom stereocenters. The molecule has 1 aromatic carbocycles. The molecule has 0 saturated heterocycles. The van der Waals surface area contributed by atoms with E-state index in [0.717, 1.165) is 20.0 Å². The van der Waals surface area contributed by atoms with Crippen molar-refractivity contribution < 1.29 is 14.3 Å². The van der Waals surface area contributed by atoms with Gasteiger partial charge in [0.25, 0.3) is 5.56 Å². The van der Waals surface area contributed by atoms with Crippen molar-refractivity contribution in [2.75, 3.05) is 12.3 Å². The number of Topliss-reactive ketones (excluding diaryl/α,β-unsaturated/α-hetero) is 1. The van der Waals surface area contributed by atoms with Crippen LogP contribution in [-0.4, -0.2) is 32.5 Å². The molecule has 0 amide bonds. The fraction of sp³-hybridized carbons (Fsp3) is 0.227. The molecule has 0 radical (unpaired) electrons. The molecular weight excluding hydrogens is 400 g/mol. The van der Waals surface area contributed by atoms with Crippen LogP contribution in [0.2, 0.25) is 0 Å². The Bertz CT molecular complexity index is 1300. The summed E-state index contributed by atoms with van der Waals surface area (Å²) in [5.41, 5.74) is 5.54. The molecule has 3 rings (SSSR count). The highest BCUT2D eigenvalue weighted by Gasteiger charge is 2.22. The van der Waals surface area contributed by atoms with Crippen LogP contribution in [0.4, 0.5) is 5.82 Å². The van der Waals surface area contributed by atoms with Crippen LogP contribution in [0.3, 0.4) is 0 Å². The Morgan fingerprint density at radius 3 is 2.68 bits per heavy atom. The molecule has 0 unspecified atom stereocenters. The summed E-state index contributed by atoms with van der Waals surface area (Å²) in [6, 6.07) is 9.25. The molecule has 3 aromatic rings. The Hall–Kier alpha value is -4.01. The van der Waals surface area contributed by atoms with E-state index in [1.807, 2.05) is 31.2 Å². The molecule has 0 bridgehead atoms. The van der Waals surface area contributed by atoms with Gasteiger partial charge in [0.2, 0.25) is 5.78 Å². The average molecular weight is 422 g/mol. The van der Waals surface area contributed by atoms with Gasteiger partial charge < -0.3 is 10.5 Å². The van der Waals surface area contributed by atoms with Gasteiger partial charge in [0.05, 0.1) is 5.52 Å². The number of nitrogen functional groups attached to an aromatic ring is 1. The number of carbonyl (C=O) groups is 2. The summed E-state index contributed by atoms with van der Waals surface area (Å²) in [4.78, 5) is 53.5. The lowest BCUT2D eigenvalue weighted by molar-refractivity contribution is -0.136. The van der Waals surface area contributed by atoms with Gasteiger partial charge in [0.15, 0.2) is 6.61 Å². The second kappa shape index (κ2) is 9.21. The van der Waals surface area contributed by atoms with E-state index in [4.69, 9.17) is 10.5 Å². The zero-order valence-electron chi connectivity index (χ0n) is 17.2. The molecule has 0 aliphatic rings. The number of ketones is 1. The summed E-state index contributed by atoms with van der Waals surface area (Å²) in [6.07, 6.45) is 4.95. The summed E-state index contributed by atoms with van der Waals surface area (Å²) >= 11 is 0. The van der Waals surface area contributed by atoms with Crippen LogP contribution in [0.5, 0.6) is 0 Å². The van der Waals surface area contributed by atoms with Crippen LogP contribution >= 0.6 is 0 Å². The maximum absolute atomic E-state index is 12.5. The normalized spacial score (nSPS) is 11.2. The van der Waals surface area contributed by atoms with Crippen LogP contribution in [0.1, 0.15) is 29.3 Å². The second-order valence-corrected chi connectivity index (χ2v) is 6.85. The van der Waals surface area contributed by atoms with Gasteiger partial charge in [-0.15, -0.1) is 0 Å². The third-order valence-electron chi connectivity index (χ3n) is 4.72. The summed E-state index contributed by atoms with van der Waals surface area (Å²) in [6.45, 7) is 1.40.